The molecule has 0 bridgehead atoms. The van der Waals surface area contributed by atoms with Crippen molar-refractivity contribution in [2.45, 2.75) is 84.2 Å². The summed E-state index contributed by atoms with van der Waals surface area (Å²) in [6, 6.07) is 9.40. The average Bonchev–Trinajstić information content (AvgIpc) is 3.34. The van der Waals surface area contributed by atoms with Gasteiger partial charge in [-0.05, 0) is 63.8 Å². The van der Waals surface area contributed by atoms with Crippen LogP contribution in [-0.4, -0.2) is 61.9 Å². The SMILES string of the molecule is CC(C)(C)C(=O)NC1CCC(Nc2cc(-c3ccc4cc(C#N)cnn34)ncc2C(=O)NC[C@@H](F)C(C)(C)O)CC1. The van der Waals surface area contributed by atoms with Crippen LogP contribution in [0.3, 0.4) is 0 Å². The van der Waals surface area contributed by atoms with Crippen LogP contribution in [0.4, 0.5) is 10.1 Å². The van der Waals surface area contributed by atoms with Crippen molar-refractivity contribution in [1.82, 2.24) is 25.2 Å². The lowest BCUT2D eigenvalue weighted by molar-refractivity contribution is -0.129. The molecule has 3 aromatic heterocycles. The fourth-order valence-electron chi connectivity index (χ4n) is 4.68. The van der Waals surface area contributed by atoms with E-state index in [0.717, 1.165) is 31.2 Å². The summed E-state index contributed by atoms with van der Waals surface area (Å²) in [4.78, 5) is 30.1. The van der Waals surface area contributed by atoms with Crippen LogP contribution in [0.15, 0.2) is 36.7 Å². The molecular weight excluding hydrogens is 525 g/mol. The molecule has 11 heteroatoms. The van der Waals surface area contributed by atoms with Crippen LogP contribution >= 0.6 is 0 Å². The number of halogens is 1. The van der Waals surface area contributed by atoms with E-state index in [4.69, 9.17) is 0 Å². The number of aliphatic hydroxyl groups is 1. The van der Waals surface area contributed by atoms with Gasteiger partial charge in [-0.15, -0.1) is 0 Å². The first-order chi connectivity index (χ1) is 19.3. The number of hydrogen-bond acceptors (Lipinski definition) is 7. The summed E-state index contributed by atoms with van der Waals surface area (Å²) in [6.07, 6.45) is 4.43. The van der Waals surface area contributed by atoms with Crippen molar-refractivity contribution >= 4 is 23.0 Å². The molecule has 218 valence electrons. The molecule has 0 aliphatic heterocycles. The van der Waals surface area contributed by atoms with E-state index in [9.17, 15) is 24.3 Å². The second kappa shape index (κ2) is 11.8. The molecule has 41 heavy (non-hydrogen) atoms. The minimum Gasteiger partial charge on any atom is -0.387 e. The topological polar surface area (TPSA) is 144 Å². The summed E-state index contributed by atoms with van der Waals surface area (Å²) in [6.45, 7) is 8.02. The Morgan fingerprint density at radius 3 is 2.44 bits per heavy atom. The molecule has 0 aromatic carbocycles. The third-order valence-electron chi connectivity index (χ3n) is 7.35. The molecule has 1 aliphatic rings. The van der Waals surface area contributed by atoms with Crippen LogP contribution in [-0.2, 0) is 4.79 Å². The predicted molar refractivity (Wildman–Crippen MR) is 154 cm³/mol. The highest BCUT2D eigenvalue weighted by Gasteiger charge is 2.29. The molecular formula is C30H38FN7O3. The average molecular weight is 564 g/mol. The third kappa shape index (κ3) is 7.19. The van der Waals surface area contributed by atoms with Gasteiger partial charge in [-0.25, -0.2) is 8.91 Å². The van der Waals surface area contributed by atoms with Gasteiger partial charge >= 0.3 is 0 Å². The maximum Gasteiger partial charge on any atom is 0.255 e. The Kier molecular flexibility index (Phi) is 8.63. The first kappa shape index (κ1) is 29.9. The van der Waals surface area contributed by atoms with E-state index in [-0.39, 0.29) is 30.1 Å². The molecule has 3 heterocycles. The van der Waals surface area contributed by atoms with Crippen LogP contribution in [0.5, 0.6) is 0 Å². The van der Waals surface area contributed by atoms with E-state index in [1.54, 1.807) is 16.6 Å². The smallest absolute Gasteiger partial charge is 0.255 e. The minimum atomic E-state index is -1.65. The van der Waals surface area contributed by atoms with Gasteiger partial charge in [0.2, 0.25) is 5.91 Å². The van der Waals surface area contributed by atoms with Crippen LogP contribution in [0.2, 0.25) is 0 Å². The number of nitrogens with one attached hydrogen (secondary N) is 3. The Morgan fingerprint density at radius 1 is 1.12 bits per heavy atom. The molecule has 1 atom stereocenters. The first-order valence-electron chi connectivity index (χ1n) is 13.9. The number of nitrogens with zero attached hydrogens (tertiary/aromatic N) is 4. The summed E-state index contributed by atoms with van der Waals surface area (Å²) in [7, 11) is 0. The molecule has 1 fully saturated rings. The molecule has 1 aliphatic carbocycles. The maximum atomic E-state index is 14.4. The standard InChI is InChI=1S/C30H38FN7O3/c1-29(2,3)28(40)37-20-8-6-19(7-9-20)36-23-13-24(25-11-10-21-12-18(14-32)15-35-38(21)25)33-16-22(23)27(39)34-17-26(31)30(4,5)41/h10-13,15-16,19-20,26,41H,6-9,17H2,1-5H3,(H,33,36)(H,34,39)(H,37,40)/t19?,20?,26-/m1/s1. The van der Waals surface area contributed by atoms with Gasteiger partial charge in [-0.1, -0.05) is 20.8 Å². The number of pyridine rings is 1. The third-order valence-corrected chi connectivity index (χ3v) is 7.35. The summed E-state index contributed by atoms with van der Waals surface area (Å²) in [5.74, 6) is -0.486. The second-order valence-electron chi connectivity index (χ2n) is 12.3. The molecule has 0 radical (unpaired) electrons. The van der Waals surface area contributed by atoms with E-state index in [2.05, 4.69) is 32.1 Å². The number of hydrogen-bond donors (Lipinski definition) is 4. The number of carbonyl (C=O) groups excluding carboxylic acids is 2. The summed E-state index contributed by atoms with van der Waals surface area (Å²) in [5, 5.41) is 32.7. The number of rotatable bonds is 8. The quantitative estimate of drug-likeness (QED) is 0.324. The maximum absolute atomic E-state index is 14.4. The first-order valence-corrected chi connectivity index (χ1v) is 13.9. The zero-order valence-corrected chi connectivity index (χ0v) is 24.2. The molecule has 10 nitrogen and oxygen atoms in total. The zero-order chi connectivity index (χ0) is 29.9. The summed E-state index contributed by atoms with van der Waals surface area (Å²) >= 11 is 0. The predicted octanol–water partition coefficient (Wildman–Crippen LogP) is 3.99. The van der Waals surface area contributed by atoms with E-state index in [1.165, 1.54) is 26.2 Å². The highest BCUT2D eigenvalue weighted by molar-refractivity contribution is 6.00. The van der Waals surface area contributed by atoms with Crippen molar-refractivity contribution in [3.63, 3.8) is 0 Å². The Labute approximate surface area is 239 Å². The van der Waals surface area contributed by atoms with Gasteiger partial charge in [0.05, 0.1) is 52.1 Å². The fraction of sp³-hybridized carbons (Fsp3) is 0.500. The molecule has 4 N–H and O–H groups in total. The van der Waals surface area contributed by atoms with Crippen molar-refractivity contribution in [2.75, 3.05) is 11.9 Å². The lowest BCUT2D eigenvalue weighted by Crippen LogP contribution is -2.44. The number of alkyl halides is 1. The molecule has 0 spiro atoms. The van der Waals surface area contributed by atoms with Crippen LogP contribution in [0, 0.1) is 16.7 Å². The van der Waals surface area contributed by atoms with E-state index in [0.29, 0.717) is 22.6 Å². The summed E-state index contributed by atoms with van der Waals surface area (Å²) in [5.41, 5.74) is 1.15. The van der Waals surface area contributed by atoms with Gasteiger partial charge in [0.15, 0.2) is 0 Å². The zero-order valence-electron chi connectivity index (χ0n) is 24.2. The van der Waals surface area contributed by atoms with Crippen molar-refractivity contribution in [2.24, 2.45) is 5.41 Å². The van der Waals surface area contributed by atoms with Crippen LogP contribution in [0.25, 0.3) is 16.9 Å². The van der Waals surface area contributed by atoms with E-state index < -0.39 is 23.1 Å². The Bertz CT molecular complexity index is 1460. The number of carbonyl (C=O) groups is 2. The van der Waals surface area contributed by atoms with E-state index in [1.807, 2.05) is 32.9 Å². The van der Waals surface area contributed by atoms with Crippen molar-refractivity contribution in [1.29, 1.82) is 5.26 Å². The number of amides is 2. The Hall–Kier alpha value is -4.04. The van der Waals surface area contributed by atoms with E-state index >= 15 is 0 Å². The number of fused-ring (bicyclic) bond motifs is 1. The number of anilines is 1. The molecule has 1 saturated carbocycles. The van der Waals surface area contributed by atoms with Crippen molar-refractivity contribution < 1.29 is 19.1 Å². The van der Waals surface area contributed by atoms with Crippen LogP contribution in [0.1, 0.15) is 76.2 Å². The van der Waals surface area contributed by atoms with Gasteiger partial charge in [0.25, 0.3) is 5.91 Å². The highest BCUT2D eigenvalue weighted by Crippen LogP contribution is 2.29. The molecule has 2 amide bonds. The molecule has 3 aromatic rings. The Balaban J connectivity index is 1.57. The fourth-order valence-corrected chi connectivity index (χ4v) is 4.68. The van der Waals surface area contributed by atoms with Gasteiger partial charge < -0.3 is 21.1 Å². The van der Waals surface area contributed by atoms with Gasteiger partial charge in [-0.3, -0.25) is 14.6 Å². The number of nitriles is 1. The number of aromatic nitrogens is 3. The Morgan fingerprint density at radius 2 is 1.80 bits per heavy atom. The molecule has 4 rings (SSSR count). The van der Waals surface area contributed by atoms with Gasteiger partial charge in [0, 0.05) is 23.7 Å². The normalized spacial score (nSPS) is 18.4. The van der Waals surface area contributed by atoms with Crippen molar-refractivity contribution in [3.8, 4) is 17.5 Å². The highest BCUT2D eigenvalue weighted by atomic mass is 19.1. The van der Waals surface area contributed by atoms with Crippen molar-refractivity contribution in [3.05, 3.63) is 47.8 Å². The minimum absolute atomic E-state index is 0.0267. The largest absolute Gasteiger partial charge is 0.387 e. The van der Waals surface area contributed by atoms with Gasteiger partial charge in [0.1, 0.15) is 12.2 Å². The monoisotopic (exact) mass is 563 g/mol. The molecule has 0 saturated heterocycles. The lowest BCUT2D eigenvalue weighted by Gasteiger charge is -2.32. The second-order valence-corrected chi connectivity index (χ2v) is 12.3. The molecule has 0 unspecified atom stereocenters. The van der Waals surface area contributed by atoms with Crippen LogP contribution < -0.4 is 16.0 Å². The van der Waals surface area contributed by atoms with Gasteiger partial charge in [-0.2, -0.15) is 10.4 Å². The summed E-state index contributed by atoms with van der Waals surface area (Å²) < 4.78 is 16.0. The lowest BCUT2D eigenvalue weighted by atomic mass is 9.89.